The van der Waals surface area contributed by atoms with E-state index in [1.54, 1.807) is 0 Å². The van der Waals surface area contributed by atoms with Gasteiger partial charge in [0, 0.05) is 11.9 Å². The summed E-state index contributed by atoms with van der Waals surface area (Å²) in [5.41, 5.74) is -0.582. The molecule has 1 rings (SSSR count). The second kappa shape index (κ2) is 6.88. The van der Waals surface area contributed by atoms with E-state index in [-0.39, 0.29) is 5.41 Å². The number of aromatic nitrogens is 1. The van der Waals surface area contributed by atoms with Gasteiger partial charge in [-0.1, -0.05) is 13.8 Å². The standard InChI is InChI=1S/C13H18F3NS2/c1-3-12(4-2,8-18)9-19-11-6-5-10(7-17-11)13(14,15)16/h5-7,18H,3-4,8-9H2,1-2H3. The number of pyridine rings is 1. The Morgan fingerprint density at radius 3 is 2.21 bits per heavy atom. The number of hydrogen-bond donors (Lipinski definition) is 1. The first kappa shape index (κ1) is 16.7. The molecule has 0 amide bonds. The summed E-state index contributed by atoms with van der Waals surface area (Å²) in [6, 6.07) is 2.51. The SMILES string of the molecule is CCC(CC)(CS)CSc1ccc(C(F)(F)F)cn1. The first-order valence-electron chi connectivity index (χ1n) is 6.14. The van der Waals surface area contributed by atoms with Crippen molar-refractivity contribution in [3.05, 3.63) is 23.9 Å². The van der Waals surface area contributed by atoms with Gasteiger partial charge in [-0.15, -0.1) is 11.8 Å². The number of hydrogen-bond acceptors (Lipinski definition) is 3. The summed E-state index contributed by atoms with van der Waals surface area (Å²) in [4.78, 5) is 3.87. The fraction of sp³-hybridized carbons (Fsp3) is 0.615. The molecule has 108 valence electrons. The van der Waals surface area contributed by atoms with Gasteiger partial charge in [0.1, 0.15) is 0 Å². The minimum absolute atomic E-state index is 0.123. The van der Waals surface area contributed by atoms with Crippen LogP contribution in [0.5, 0.6) is 0 Å². The quantitative estimate of drug-likeness (QED) is 0.591. The fourth-order valence-corrected chi connectivity index (χ4v) is 3.55. The maximum Gasteiger partial charge on any atom is 0.417 e. The molecule has 1 aromatic rings. The van der Waals surface area contributed by atoms with Crippen molar-refractivity contribution in [2.24, 2.45) is 5.41 Å². The summed E-state index contributed by atoms with van der Waals surface area (Å²) in [6.45, 7) is 4.22. The van der Waals surface area contributed by atoms with Crippen LogP contribution in [0.25, 0.3) is 0 Å². The Balaban J connectivity index is 2.69. The van der Waals surface area contributed by atoms with Crippen molar-refractivity contribution < 1.29 is 13.2 Å². The minimum Gasteiger partial charge on any atom is -0.249 e. The Labute approximate surface area is 121 Å². The van der Waals surface area contributed by atoms with Gasteiger partial charge >= 0.3 is 6.18 Å². The van der Waals surface area contributed by atoms with Gasteiger partial charge in [-0.3, -0.25) is 0 Å². The minimum atomic E-state index is -4.32. The highest BCUT2D eigenvalue weighted by Gasteiger charge is 2.31. The molecule has 0 radical (unpaired) electrons. The van der Waals surface area contributed by atoms with Gasteiger partial charge in [-0.25, -0.2) is 4.98 Å². The summed E-state index contributed by atoms with van der Waals surface area (Å²) >= 11 is 5.87. The molecule has 1 heterocycles. The van der Waals surface area contributed by atoms with Crippen molar-refractivity contribution in [2.45, 2.75) is 37.9 Å². The average Bonchev–Trinajstić information content (AvgIpc) is 2.40. The van der Waals surface area contributed by atoms with E-state index in [1.807, 2.05) is 0 Å². The smallest absolute Gasteiger partial charge is 0.249 e. The van der Waals surface area contributed by atoms with Crippen molar-refractivity contribution in [1.82, 2.24) is 4.98 Å². The molecule has 0 saturated carbocycles. The van der Waals surface area contributed by atoms with Crippen LogP contribution in [0, 0.1) is 5.41 Å². The van der Waals surface area contributed by atoms with Crippen molar-refractivity contribution in [3.63, 3.8) is 0 Å². The van der Waals surface area contributed by atoms with Crippen LogP contribution in [0.2, 0.25) is 0 Å². The van der Waals surface area contributed by atoms with Crippen LogP contribution in [-0.2, 0) is 6.18 Å². The highest BCUT2D eigenvalue weighted by molar-refractivity contribution is 7.99. The molecule has 0 bridgehead atoms. The van der Waals surface area contributed by atoms with E-state index in [9.17, 15) is 13.2 Å². The molecule has 0 fully saturated rings. The lowest BCUT2D eigenvalue weighted by atomic mass is 9.87. The van der Waals surface area contributed by atoms with Crippen LogP contribution in [0.4, 0.5) is 13.2 Å². The number of nitrogens with zero attached hydrogens (tertiary/aromatic N) is 1. The maximum atomic E-state index is 12.4. The molecule has 19 heavy (non-hydrogen) atoms. The van der Waals surface area contributed by atoms with Crippen LogP contribution in [0.1, 0.15) is 32.3 Å². The molecule has 0 aromatic carbocycles. The molecule has 6 heteroatoms. The zero-order valence-corrected chi connectivity index (χ0v) is 12.7. The molecular formula is C13H18F3NS2. The number of alkyl halides is 3. The summed E-state index contributed by atoms with van der Waals surface area (Å²) in [7, 11) is 0. The zero-order valence-electron chi connectivity index (χ0n) is 11.0. The van der Waals surface area contributed by atoms with Crippen LogP contribution in [-0.4, -0.2) is 16.5 Å². The Kier molecular flexibility index (Phi) is 6.05. The van der Waals surface area contributed by atoms with Crippen LogP contribution >= 0.6 is 24.4 Å². The molecule has 0 spiro atoms. The first-order chi connectivity index (χ1) is 8.87. The lowest BCUT2D eigenvalue weighted by Crippen LogP contribution is -2.24. The Morgan fingerprint density at radius 2 is 1.84 bits per heavy atom. The Morgan fingerprint density at radius 1 is 1.21 bits per heavy atom. The van der Waals surface area contributed by atoms with E-state index in [2.05, 4.69) is 31.5 Å². The van der Waals surface area contributed by atoms with E-state index in [1.165, 1.54) is 17.8 Å². The number of thiol groups is 1. The predicted octanol–water partition coefficient (Wildman–Crippen LogP) is 4.93. The van der Waals surface area contributed by atoms with E-state index in [4.69, 9.17) is 0 Å². The molecule has 0 saturated heterocycles. The molecule has 0 aliphatic heterocycles. The molecule has 0 N–H and O–H groups in total. The molecule has 0 atom stereocenters. The van der Waals surface area contributed by atoms with Crippen LogP contribution in [0.15, 0.2) is 23.4 Å². The fourth-order valence-electron chi connectivity index (χ4n) is 1.58. The van der Waals surface area contributed by atoms with Crippen LogP contribution < -0.4 is 0 Å². The zero-order chi connectivity index (χ0) is 14.5. The van der Waals surface area contributed by atoms with Crippen molar-refractivity contribution in [1.29, 1.82) is 0 Å². The first-order valence-corrected chi connectivity index (χ1v) is 7.75. The monoisotopic (exact) mass is 309 g/mol. The van der Waals surface area contributed by atoms with Gasteiger partial charge in [0.05, 0.1) is 10.6 Å². The van der Waals surface area contributed by atoms with E-state index < -0.39 is 11.7 Å². The number of rotatable bonds is 6. The molecule has 1 nitrogen and oxygen atoms in total. The van der Waals surface area contributed by atoms with Gasteiger partial charge in [-0.05, 0) is 36.1 Å². The normalized spacial score (nSPS) is 12.7. The topological polar surface area (TPSA) is 12.9 Å². The molecule has 0 aliphatic rings. The highest BCUT2D eigenvalue weighted by atomic mass is 32.2. The number of thioether (sulfide) groups is 1. The van der Waals surface area contributed by atoms with E-state index in [0.717, 1.165) is 36.6 Å². The molecule has 0 aliphatic carbocycles. The van der Waals surface area contributed by atoms with Crippen LogP contribution in [0.3, 0.4) is 0 Å². The third kappa shape index (κ3) is 4.60. The second-order valence-electron chi connectivity index (χ2n) is 4.54. The van der Waals surface area contributed by atoms with Gasteiger partial charge in [0.15, 0.2) is 0 Å². The summed E-state index contributed by atoms with van der Waals surface area (Å²) < 4.78 is 37.2. The molecule has 0 unspecified atom stereocenters. The van der Waals surface area contributed by atoms with Crippen molar-refractivity contribution >= 4 is 24.4 Å². The van der Waals surface area contributed by atoms with Crippen molar-refractivity contribution in [3.8, 4) is 0 Å². The Hall–Kier alpha value is -0.360. The van der Waals surface area contributed by atoms with Gasteiger partial charge < -0.3 is 0 Å². The second-order valence-corrected chi connectivity index (χ2v) is 5.85. The molecule has 1 aromatic heterocycles. The van der Waals surface area contributed by atoms with Gasteiger partial charge in [-0.2, -0.15) is 25.8 Å². The maximum absolute atomic E-state index is 12.4. The third-order valence-electron chi connectivity index (χ3n) is 3.43. The third-order valence-corrected chi connectivity index (χ3v) is 5.39. The number of halogens is 3. The van der Waals surface area contributed by atoms with Crippen molar-refractivity contribution in [2.75, 3.05) is 11.5 Å². The largest absolute Gasteiger partial charge is 0.417 e. The Bertz CT molecular complexity index is 378. The summed E-state index contributed by atoms with van der Waals surface area (Å²) in [6.07, 6.45) is -1.43. The lowest BCUT2D eigenvalue weighted by Gasteiger charge is -2.29. The average molecular weight is 309 g/mol. The summed E-state index contributed by atoms with van der Waals surface area (Å²) in [5, 5.41) is 0.626. The summed E-state index contributed by atoms with van der Waals surface area (Å²) in [5.74, 6) is 1.59. The lowest BCUT2D eigenvalue weighted by molar-refractivity contribution is -0.137. The van der Waals surface area contributed by atoms with E-state index >= 15 is 0 Å². The van der Waals surface area contributed by atoms with Gasteiger partial charge in [0.2, 0.25) is 0 Å². The highest BCUT2D eigenvalue weighted by Crippen LogP contribution is 2.35. The predicted molar refractivity (Wildman–Crippen MR) is 76.8 cm³/mol. The molecular weight excluding hydrogens is 291 g/mol. The van der Waals surface area contributed by atoms with Gasteiger partial charge in [0.25, 0.3) is 0 Å². The van der Waals surface area contributed by atoms with E-state index in [0.29, 0.717) is 5.03 Å².